The van der Waals surface area contributed by atoms with Crippen molar-refractivity contribution in [3.63, 3.8) is 0 Å². The summed E-state index contributed by atoms with van der Waals surface area (Å²) in [6.45, 7) is 8.03. The van der Waals surface area contributed by atoms with Crippen molar-refractivity contribution in [2.75, 3.05) is 0 Å². The lowest BCUT2D eigenvalue weighted by Gasteiger charge is -2.23. The molecule has 0 spiro atoms. The Morgan fingerprint density at radius 3 is 2.00 bits per heavy atom. The van der Waals surface area contributed by atoms with E-state index in [1.54, 1.807) is 0 Å². The van der Waals surface area contributed by atoms with Crippen LogP contribution in [-0.2, 0) is 9.47 Å². The van der Waals surface area contributed by atoms with Crippen LogP contribution in [0.4, 0.5) is 0 Å². The summed E-state index contributed by atoms with van der Waals surface area (Å²) in [6.07, 6.45) is -0.0111. The number of ether oxygens (including phenoxy) is 2. The molecule has 0 fully saturated rings. The van der Waals surface area contributed by atoms with Crippen LogP contribution < -0.4 is 0 Å². The molecule has 3 heteroatoms. The Labute approximate surface area is 106 Å². The maximum absolute atomic E-state index is 5.76. The van der Waals surface area contributed by atoms with Crippen LogP contribution in [0.3, 0.4) is 0 Å². The minimum atomic E-state index is -0.294. The molecule has 0 atom stereocenters. The maximum Gasteiger partial charge on any atom is 0.184 e. The highest BCUT2D eigenvalue weighted by Crippen LogP contribution is 2.24. The zero-order valence-corrected chi connectivity index (χ0v) is 11.8. The lowest BCUT2D eigenvalue weighted by Crippen LogP contribution is -2.17. The number of hydrogen-bond donors (Lipinski definition) is 0. The molecule has 1 rings (SSSR count). The van der Waals surface area contributed by atoms with Crippen LogP contribution in [0.1, 0.15) is 39.5 Å². The van der Waals surface area contributed by atoms with Gasteiger partial charge in [0.25, 0.3) is 0 Å². The van der Waals surface area contributed by atoms with Gasteiger partial charge in [0.15, 0.2) is 6.29 Å². The van der Waals surface area contributed by atoms with Gasteiger partial charge in [-0.1, -0.05) is 28.1 Å². The Morgan fingerprint density at radius 2 is 1.56 bits per heavy atom. The molecule has 0 N–H and O–H groups in total. The van der Waals surface area contributed by atoms with E-state index in [-0.39, 0.29) is 18.5 Å². The van der Waals surface area contributed by atoms with Crippen molar-refractivity contribution in [3.8, 4) is 0 Å². The average molecular weight is 287 g/mol. The Hall–Kier alpha value is -0.380. The van der Waals surface area contributed by atoms with E-state index in [0.29, 0.717) is 0 Å². The minimum Gasteiger partial charge on any atom is -0.346 e. The second-order valence-electron chi connectivity index (χ2n) is 4.26. The first-order valence-electron chi connectivity index (χ1n) is 5.55. The molecule has 0 aliphatic heterocycles. The predicted octanol–water partition coefficient (Wildman–Crippen LogP) is 4.30. The number of halogens is 1. The molecule has 0 radical (unpaired) electrons. The Bertz CT molecular complexity index is 313. The highest BCUT2D eigenvalue weighted by Gasteiger charge is 2.16. The van der Waals surface area contributed by atoms with Crippen LogP contribution in [0.5, 0.6) is 0 Å². The Kier molecular flexibility index (Phi) is 5.46. The summed E-state index contributed by atoms with van der Waals surface area (Å²) in [5.74, 6) is 0. The SMILES string of the molecule is CC(C)OC(OC(C)C)c1cccc(Br)c1. The van der Waals surface area contributed by atoms with Gasteiger partial charge in [0.2, 0.25) is 0 Å². The van der Waals surface area contributed by atoms with E-state index in [4.69, 9.17) is 9.47 Å². The summed E-state index contributed by atoms with van der Waals surface area (Å²) in [6, 6.07) is 8.01. The molecule has 0 saturated heterocycles. The van der Waals surface area contributed by atoms with E-state index < -0.39 is 0 Å². The second kappa shape index (κ2) is 6.38. The Balaban J connectivity index is 2.82. The third-order valence-corrected chi connectivity index (χ3v) is 2.41. The fourth-order valence-corrected chi connectivity index (χ4v) is 1.75. The molecule has 0 saturated carbocycles. The molecule has 0 heterocycles. The Morgan fingerprint density at radius 1 is 1.00 bits per heavy atom. The molecule has 0 bridgehead atoms. The zero-order chi connectivity index (χ0) is 12.1. The summed E-state index contributed by atoms with van der Waals surface area (Å²) in [5.41, 5.74) is 1.04. The molecule has 2 nitrogen and oxygen atoms in total. The van der Waals surface area contributed by atoms with Crippen LogP contribution in [0.2, 0.25) is 0 Å². The van der Waals surface area contributed by atoms with Gasteiger partial charge in [0.1, 0.15) is 0 Å². The average Bonchev–Trinajstić information content (AvgIpc) is 2.15. The molecule has 1 aromatic carbocycles. The van der Waals surface area contributed by atoms with Gasteiger partial charge in [0.05, 0.1) is 12.2 Å². The summed E-state index contributed by atoms with van der Waals surface area (Å²) in [5, 5.41) is 0. The summed E-state index contributed by atoms with van der Waals surface area (Å²) in [4.78, 5) is 0. The van der Waals surface area contributed by atoms with Crippen molar-refractivity contribution in [1.82, 2.24) is 0 Å². The third kappa shape index (κ3) is 4.64. The van der Waals surface area contributed by atoms with Gasteiger partial charge in [-0.05, 0) is 39.8 Å². The van der Waals surface area contributed by atoms with E-state index >= 15 is 0 Å². The van der Waals surface area contributed by atoms with E-state index in [9.17, 15) is 0 Å². The first-order valence-corrected chi connectivity index (χ1v) is 6.34. The highest BCUT2D eigenvalue weighted by atomic mass is 79.9. The number of rotatable bonds is 5. The number of benzene rings is 1. The van der Waals surface area contributed by atoms with Gasteiger partial charge in [-0.2, -0.15) is 0 Å². The predicted molar refractivity (Wildman–Crippen MR) is 69.3 cm³/mol. The topological polar surface area (TPSA) is 18.5 Å². The maximum atomic E-state index is 5.76. The molecule has 90 valence electrons. The fourth-order valence-electron chi connectivity index (χ4n) is 1.34. The smallest absolute Gasteiger partial charge is 0.184 e. The zero-order valence-electron chi connectivity index (χ0n) is 10.2. The van der Waals surface area contributed by atoms with Crippen molar-refractivity contribution < 1.29 is 9.47 Å². The van der Waals surface area contributed by atoms with Gasteiger partial charge in [0, 0.05) is 10.0 Å². The second-order valence-corrected chi connectivity index (χ2v) is 5.17. The van der Waals surface area contributed by atoms with Crippen molar-refractivity contribution >= 4 is 15.9 Å². The first kappa shape index (κ1) is 13.7. The summed E-state index contributed by atoms with van der Waals surface area (Å²) < 4.78 is 12.6. The molecule has 1 aromatic rings. The van der Waals surface area contributed by atoms with Crippen molar-refractivity contribution in [3.05, 3.63) is 34.3 Å². The quantitative estimate of drug-likeness (QED) is 0.752. The van der Waals surface area contributed by atoms with Gasteiger partial charge >= 0.3 is 0 Å². The molecule has 0 unspecified atom stereocenters. The van der Waals surface area contributed by atoms with Crippen molar-refractivity contribution in [2.45, 2.75) is 46.2 Å². The van der Waals surface area contributed by atoms with Gasteiger partial charge in [-0.3, -0.25) is 0 Å². The standard InChI is InChI=1S/C13H19BrO2/c1-9(2)15-13(16-10(3)4)11-6-5-7-12(14)8-11/h5-10,13H,1-4H3. The lowest BCUT2D eigenvalue weighted by atomic mass is 10.2. The van der Waals surface area contributed by atoms with E-state index in [2.05, 4.69) is 15.9 Å². The minimum absolute atomic E-state index is 0.141. The van der Waals surface area contributed by atoms with Gasteiger partial charge in [-0.15, -0.1) is 0 Å². The fraction of sp³-hybridized carbons (Fsp3) is 0.538. The summed E-state index contributed by atoms with van der Waals surface area (Å²) in [7, 11) is 0. The van der Waals surface area contributed by atoms with Crippen molar-refractivity contribution in [2.24, 2.45) is 0 Å². The van der Waals surface area contributed by atoms with E-state index in [1.165, 1.54) is 0 Å². The molecule has 0 aromatic heterocycles. The van der Waals surface area contributed by atoms with Crippen LogP contribution in [0.15, 0.2) is 28.7 Å². The molecule has 0 amide bonds. The number of hydrogen-bond acceptors (Lipinski definition) is 2. The van der Waals surface area contributed by atoms with E-state index in [0.717, 1.165) is 10.0 Å². The normalized spacial score (nSPS) is 11.8. The molecule has 16 heavy (non-hydrogen) atoms. The molecule has 0 aliphatic rings. The molecular formula is C13H19BrO2. The van der Waals surface area contributed by atoms with Crippen LogP contribution in [0.25, 0.3) is 0 Å². The third-order valence-electron chi connectivity index (χ3n) is 1.91. The molecular weight excluding hydrogens is 268 g/mol. The van der Waals surface area contributed by atoms with Gasteiger partial charge in [-0.25, -0.2) is 0 Å². The monoisotopic (exact) mass is 286 g/mol. The van der Waals surface area contributed by atoms with Crippen LogP contribution in [-0.4, -0.2) is 12.2 Å². The van der Waals surface area contributed by atoms with Crippen LogP contribution in [0, 0.1) is 0 Å². The van der Waals surface area contributed by atoms with Crippen molar-refractivity contribution in [1.29, 1.82) is 0 Å². The van der Waals surface area contributed by atoms with Crippen LogP contribution >= 0.6 is 15.9 Å². The highest BCUT2D eigenvalue weighted by molar-refractivity contribution is 9.10. The first-order chi connectivity index (χ1) is 7.49. The summed E-state index contributed by atoms with van der Waals surface area (Å²) >= 11 is 3.45. The van der Waals surface area contributed by atoms with E-state index in [1.807, 2.05) is 52.0 Å². The largest absolute Gasteiger partial charge is 0.346 e. The van der Waals surface area contributed by atoms with Gasteiger partial charge < -0.3 is 9.47 Å². The molecule has 0 aliphatic carbocycles. The lowest BCUT2D eigenvalue weighted by molar-refractivity contribution is -0.185.